The van der Waals surface area contributed by atoms with Gasteiger partial charge in [0.1, 0.15) is 0 Å². The summed E-state index contributed by atoms with van der Waals surface area (Å²) in [5.41, 5.74) is 6.15. The van der Waals surface area contributed by atoms with Crippen LogP contribution in [0.25, 0.3) is 0 Å². The van der Waals surface area contributed by atoms with Gasteiger partial charge in [0.05, 0.1) is 11.0 Å². The van der Waals surface area contributed by atoms with E-state index in [2.05, 4.69) is 5.32 Å². The van der Waals surface area contributed by atoms with E-state index in [-0.39, 0.29) is 24.2 Å². The molecule has 0 aliphatic carbocycles. The van der Waals surface area contributed by atoms with Crippen molar-refractivity contribution < 1.29 is 19.6 Å². The lowest BCUT2D eigenvalue weighted by Gasteiger charge is -2.11. The second-order valence-corrected chi connectivity index (χ2v) is 4.29. The predicted molar refractivity (Wildman–Crippen MR) is 71.3 cm³/mol. The molecule has 0 spiro atoms. The lowest BCUT2D eigenvalue weighted by atomic mass is 10.1. The van der Waals surface area contributed by atoms with Crippen LogP contribution in [0.1, 0.15) is 18.4 Å². The quantitative estimate of drug-likeness (QED) is 0.526. The molecular weight excluding hydrogens is 266 g/mol. The third-order valence-corrected chi connectivity index (χ3v) is 2.68. The van der Waals surface area contributed by atoms with Crippen molar-refractivity contribution in [3.63, 3.8) is 0 Å². The Kier molecular flexibility index (Phi) is 5.15. The minimum atomic E-state index is -1.04. The molecule has 8 heteroatoms. The summed E-state index contributed by atoms with van der Waals surface area (Å²) >= 11 is 0. The van der Waals surface area contributed by atoms with Gasteiger partial charge in [-0.3, -0.25) is 19.7 Å². The van der Waals surface area contributed by atoms with E-state index in [0.29, 0.717) is 5.56 Å². The number of nitrogens with two attached hydrogens (primary N) is 1. The van der Waals surface area contributed by atoms with E-state index in [9.17, 15) is 19.7 Å². The fourth-order valence-corrected chi connectivity index (χ4v) is 1.53. The molecule has 108 valence electrons. The third kappa shape index (κ3) is 4.32. The Labute approximate surface area is 114 Å². The second kappa shape index (κ2) is 6.62. The molecule has 1 rings (SSSR count). The maximum atomic E-state index is 11.7. The van der Waals surface area contributed by atoms with E-state index >= 15 is 0 Å². The highest BCUT2D eigenvalue weighted by atomic mass is 16.6. The van der Waals surface area contributed by atoms with Crippen LogP contribution < -0.4 is 11.1 Å². The Morgan fingerprint density at radius 2 is 2.15 bits per heavy atom. The summed E-state index contributed by atoms with van der Waals surface area (Å²) < 4.78 is 0. The minimum Gasteiger partial charge on any atom is -0.481 e. The zero-order valence-electron chi connectivity index (χ0n) is 10.8. The summed E-state index contributed by atoms with van der Waals surface area (Å²) in [6.07, 6.45) is -0.224. The number of benzene rings is 1. The van der Waals surface area contributed by atoms with Crippen molar-refractivity contribution in [2.75, 3.05) is 5.32 Å². The molecule has 1 aromatic rings. The van der Waals surface area contributed by atoms with Crippen LogP contribution in [0.2, 0.25) is 0 Å². The number of nitro groups is 1. The van der Waals surface area contributed by atoms with Crippen LogP contribution in [0.5, 0.6) is 0 Å². The highest BCUT2D eigenvalue weighted by Crippen LogP contribution is 2.22. The lowest BCUT2D eigenvalue weighted by molar-refractivity contribution is -0.385. The van der Waals surface area contributed by atoms with E-state index < -0.39 is 22.8 Å². The normalized spacial score (nSPS) is 11.7. The standard InChI is InChI=1S/C12H15N3O5/c1-7-2-3-8(6-10(7)15(19)20)14-12(18)9(13)4-5-11(16)17/h2-3,6,9H,4-5,13H2,1H3,(H,14,18)(H,16,17). The van der Waals surface area contributed by atoms with Crippen molar-refractivity contribution in [2.24, 2.45) is 5.73 Å². The number of carboxylic acid groups (broad SMARTS) is 1. The van der Waals surface area contributed by atoms with Gasteiger partial charge in [-0.1, -0.05) is 6.07 Å². The van der Waals surface area contributed by atoms with Crippen LogP contribution in [0.4, 0.5) is 11.4 Å². The zero-order valence-corrected chi connectivity index (χ0v) is 10.8. The number of rotatable bonds is 6. The molecule has 0 aliphatic heterocycles. The average molecular weight is 281 g/mol. The van der Waals surface area contributed by atoms with Gasteiger partial charge in [0, 0.05) is 23.7 Å². The minimum absolute atomic E-state index is 0.00484. The van der Waals surface area contributed by atoms with E-state index in [1.807, 2.05) is 0 Å². The molecule has 0 bridgehead atoms. The Hall–Kier alpha value is -2.48. The number of carbonyl (C=O) groups is 2. The van der Waals surface area contributed by atoms with Crippen LogP contribution in [-0.4, -0.2) is 27.9 Å². The predicted octanol–water partition coefficient (Wildman–Crippen LogP) is 1.03. The highest BCUT2D eigenvalue weighted by Gasteiger charge is 2.17. The number of anilines is 1. The number of carbonyl (C=O) groups excluding carboxylic acids is 1. The van der Waals surface area contributed by atoms with Crippen molar-refractivity contribution in [1.82, 2.24) is 0 Å². The average Bonchev–Trinajstić information content (AvgIpc) is 2.37. The molecule has 20 heavy (non-hydrogen) atoms. The lowest BCUT2D eigenvalue weighted by Crippen LogP contribution is -2.36. The number of nitrogens with zero attached hydrogens (tertiary/aromatic N) is 1. The Morgan fingerprint density at radius 1 is 1.50 bits per heavy atom. The Morgan fingerprint density at radius 3 is 2.70 bits per heavy atom. The molecule has 1 unspecified atom stereocenters. The first-order valence-corrected chi connectivity index (χ1v) is 5.84. The van der Waals surface area contributed by atoms with Crippen molar-refractivity contribution in [1.29, 1.82) is 0 Å². The monoisotopic (exact) mass is 281 g/mol. The zero-order chi connectivity index (χ0) is 15.3. The van der Waals surface area contributed by atoms with Gasteiger partial charge in [0.25, 0.3) is 5.69 Å². The molecule has 1 aromatic carbocycles. The van der Waals surface area contributed by atoms with Crippen molar-refractivity contribution in [3.8, 4) is 0 Å². The number of amides is 1. The van der Waals surface area contributed by atoms with Crippen LogP contribution in [0, 0.1) is 17.0 Å². The number of nitrogens with one attached hydrogen (secondary N) is 1. The third-order valence-electron chi connectivity index (χ3n) is 2.68. The summed E-state index contributed by atoms with van der Waals surface area (Å²) in [7, 11) is 0. The summed E-state index contributed by atoms with van der Waals surface area (Å²) in [5.74, 6) is -1.62. The highest BCUT2D eigenvalue weighted by molar-refractivity contribution is 5.95. The molecule has 1 amide bonds. The van der Waals surface area contributed by atoms with Crippen LogP contribution in [-0.2, 0) is 9.59 Å². The summed E-state index contributed by atoms with van der Waals surface area (Å²) in [6, 6.07) is 3.28. The first kappa shape index (κ1) is 15.6. The molecule has 0 saturated heterocycles. The van der Waals surface area contributed by atoms with Gasteiger partial charge in [0.2, 0.25) is 5.91 Å². The molecule has 0 aromatic heterocycles. The SMILES string of the molecule is Cc1ccc(NC(=O)C(N)CCC(=O)O)cc1[N+](=O)[O-]. The number of aryl methyl sites for hydroxylation is 1. The Bertz CT molecular complexity index is 544. The number of hydrogen-bond donors (Lipinski definition) is 3. The number of carboxylic acids is 1. The topological polar surface area (TPSA) is 136 Å². The molecule has 0 heterocycles. The largest absolute Gasteiger partial charge is 0.481 e. The van der Waals surface area contributed by atoms with Crippen LogP contribution >= 0.6 is 0 Å². The van der Waals surface area contributed by atoms with Crippen molar-refractivity contribution in [2.45, 2.75) is 25.8 Å². The van der Waals surface area contributed by atoms with E-state index in [1.54, 1.807) is 6.92 Å². The number of aliphatic carboxylic acids is 1. The van der Waals surface area contributed by atoms with Gasteiger partial charge in [-0.15, -0.1) is 0 Å². The molecule has 4 N–H and O–H groups in total. The molecule has 0 saturated carbocycles. The van der Waals surface area contributed by atoms with Gasteiger partial charge in [0.15, 0.2) is 0 Å². The first-order valence-electron chi connectivity index (χ1n) is 5.84. The Balaban J connectivity index is 2.73. The van der Waals surface area contributed by atoms with Gasteiger partial charge in [-0.05, 0) is 19.4 Å². The fraction of sp³-hybridized carbons (Fsp3) is 0.333. The van der Waals surface area contributed by atoms with E-state index in [1.165, 1.54) is 18.2 Å². The maximum absolute atomic E-state index is 11.7. The van der Waals surface area contributed by atoms with Crippen molar-refractivity contribution in [3.05, 3.63) is 33.9 Å². The van der Waals surface area contributed by atoms with Gasteiger partial charge >= 0.3 is 5.97 Å². The van der Waals surface area contributed by atoms with E-state index in [4.69, 9.17) is 10.8 Å². The fourth-order valence-electron chi connectivity index (χ4n) is 1.53. The molecule has 0 aliphatic rings. The smallest absolute Gasteiger partial charge is 0.303 e. The number of hydrogen-bond acceptors (Lipinski definition) is 5. The van der Waals surface area contributed by atoms with Gasteiger partial charge < -0.3 is 16.2 Å². The summed E-state index contributed by atoms with van der Waals surface area (Å²) in [4.78, 5) is 32.3. The molecular formula is C12H15N3O5. The molecule has 0 fully saturated rings. The molecule has 8 nitrogen and oxygen atoms in total. The summed E-state index contributed by atoms with van der Waals surface area (Å²) in [6.45, 7) is 1.59. The van der Waals surface area contributed by atoms with Gasteiger partial charge in [-0.25, -0.2) is 0 Å². The van der Waals surface area contributed by atoms with Crippen LogP contribution in [0.3, 0.4) is 0 Å². The van der Waals surface area contributed by atoms with Crippen molar-refractivity contribution >= 4 is 23.3 Å². The van der Waals surface area contributed by atoms with Gasteiger partial charge in [-0.2, -0.15) is 0 Å². The molecule has 0 radical (unpaired) electrons. The second-order valence-electron chi connectivity index (χ2n) is 4.29. The first-order chi connectivity index (χ1) is 9.31. The molecule has 1 atom stereocenters. The van der Waals surface area contributed by atoms with E-state index in [0.717, 1.165) is 0 Å². The van der Waals surface area contributed by atoms with Crippen LogP contribution in [0.15, 0.2) is 18.2 Å². The summed E-state index contributed by atoms with van der Waals surface area (Å²) in [5, 5.41) is 21.7. The number of nitro benzene ring substituents is 1. The maximum Gasteiger partial charge on any atom is 0.303 e.